The first-order valence-corrected chi connectivity index (χ1v) is 19.4. The van der Waals surface area contributed by atoms with Crippen LogP contribution in [0.25, 0.3) is 65.2 Å². The maximum absolute atomic E-state index is 6.61. The SMILES string of the molecule is CC1(C)c2ccccc2-c2cc(-c3nc(-c4cccc5c4-c4ccccc4C54c5ccccc5Oc5ccccc54)c4sc5ccccc5c4n3)ccc21. The largest absolute Gasteiger partial charge is 0.457 e. The highest BCUT2D eigenvalue weighted by Crippen LogP contribution is 2.63. The van der Waals surface area contributed by atoms with Gasteiger partial charge in [0.1, 0.15) is 11.5 Å². The van der Waals surface area contributed by atoms with Crippen molar-refractivity contribution < 1.29 is 4.74 Å². The van der Waals surface area contributed by atoms with Crippen LogP contribution in [0.1, 0.15) is 47.2 Å². The Hall–Kier alpha value is -6.36. The summed E-state index contributed by atoms with van der Waals surface area (Å²) in [4.78, 5) is 11.0. The molecule has 0 N–H and O–H groups in total. The van der Waals surface area contributed by atoms with Crippen LogP contribution in [0.3, 0.4) is 0 Å². The van der Waals surface area contributed by atoms with Gasteiger partial charge in [-0.3, -0.25) is 0 Å². The molecular weight excluding hydrogens is 677 g/mol. The molecule has 7 aromatic carbocycles. The molecule has 1 spiro atoms. The number of ether oxygens (including phenoxy) is 1. The smallest absolute Gasteiger partial charge is 0.160 e. The summed E-state index contributed by atoms with van der Waals surface area (Å²) in [5.41, 5.74) is 16.0. The zero-order chi connectivity index (χ0) is 35.8. The molecule has 3 nitrogen and oxygen atoms in total. The summed E-state index contributed by atoms with van der Waals surface area (Å²) < 4.78 is 8.93. The molecule has 2 aromatic heterocycles. The van der Waals surface area contributed by atoms with Gasteiger partial charge in [-0.05, 0) is 68.8 Å². The van der Waals surface area contributed by atoms with Crippen molar-refractivity contribution in [1.82, 2.24) is 9.97 Å². The maximum atomic E-state index is 6.61. The van der Waals surface area contributed by atoms with Crippen molar-refractivity contribution in [2.45, 2.75) is 24.7 Å². The molecule has 1 aliphatic heterocycles. The molecule has 0 fully saturated rings. The monoisotopic (exact) mass is 708 g/mol. The van der Waals surface area contributed by atoms with Gasteiger partial charge in [-0.15, -0.1) is 11.3 Å². The third-order valence-electron chi connectivity index (χ3n) is 12.2. The average Bonchev–Trinajstić information content (AvgIpc) is 3.82. The van der Waals surface area contributed by atoms with Crippen LogP contribution in [0.5, 0.6) is 11.5 Å². The van der Waals surface area contributed by atoms with Gasteiger partial charge >= 0.3 is 0 Å². The molecule has 0 bridgehead atoms. The highest BCUT2D eigenvalue weighted by molar-refractivity contribution is 7.26. The second-order valence-electron chi connectivity index (χ2n) is 15.2. The van der Waals surface area contributed by atoms with Crippen molar-refractivity contribution in [2.24, 2.45) is 0 Å². The Balaban J connectivity index is 1.17. The number of aromatic nitrogens is 2. The van der Waals surface area contributed by atoms with Gasteiger partial charge < -0.3 is 4.74 Å². The number of benzene rings is 7. The molecule has 3 aliphatic rings. The van der Waals surface area contributed by atoms with E-state index in [2.05, 4.69) is 172 Å². The number of thiophene rings is 1. The minimum atomic E-state index is -0.553. The van der Waals surface area contributed by atoms with Crippen molar-refractivity contribution in [3.05, 3.63) is 191 Å². The van der Waals surface area contributed by atoms with Gasteiger partial charge in [-0.1, -0.05) is 147 Å². The molecule has 0 atom stereocenters. The van der Waals surface area contributed by atoms with E-state index in [4.69, 9.17) is 14.7 Å². The summed E-state index contributed by atoms with van der Waals surface area (Å²) in [5, 5.41) is 1.16. The minimum Gasteiger partial charge on any atom is -0.457 e. The first-order valence-electron chi connectivity index (χ1n) is 18.6. The van der Waals surface area contributed by atoms with Crippen molar-refractivity contribution in [3.8, 4) is 56.4 Å². The highest BCUT2D eigenvalue weighted by atomic mass is 32.1. The second-order valence-corrected chi connectivity index (χ2v) is 16.3. The highest BCUT2D eigenvalue weighted by Gasteiger charge is 2.51. The molecule has 0 radical (unpaired) electrons. The molecule has 0 saturated heterocycles. The molecular formula is C50H32N2OS. The quantitative estimate of drug-likeness (QED) is 0.179. The van der Waals surface area contributed by atoms with E-state index in [0.29, 0.717) is 0 Å². The second kappa shape index (κ2) is 10.6. The lowest BCUT2D eigenvalue weighted by Gasteiger charge is -2.39. The van der Waals surface area contributed by atoms with E-state index in [1.54, 1.807) is 11.3 Å². The number of rotatable bonds is 2. The summed E-state index contributed by atoms with van der Waals surface area (Å²) in [6.07, 6.45) is 0. The van der Waals surface area contributed by atoms with Crippen molar-refractivity contribution in [3.63, 3.8) is 0 Å². The van der Waals surface area contributed by atoms with Crippen LogP contribution >= 0.6 is 11.3 Å². The van der Waals surface area contributed by atoms with E-state index in [1.165, 1.54) is 49.2 Å². The van der Waals surface area contributed by atoms with E-state index < -0.39 is 5.41 Å². The van der Waals surface area contributed by atoms with Crippen molar-refractivity contribution in [2.75, 3.05) is 0 Å². The van der Waals surface area contributed by atoms with Gasteiger partial charge in [0, 0.05) is 37.8 Å². The zero-order valence-corrected chi connectivity index (χ0v) is 30.5. The lowest BCUT2D eigenvalue weighted by molar-refractivity contribution is 0.436. The normalized spacial score (nSPS) is 14.9. The van der Waals surface area contributed by atoms with Crippen LogP contribution in [0, 0.1) is 0 Å². The third kappa shape index (κ3) is 3.75. The van der Waals surface area contributed by atoms with Crippen LogP contribution in [0.2, 0.25) is 0 Å². The van der Waals surface area contributed by atoms with E-state index in [0.717, 1.165) is 60.9 Å². The van der Waals surface area contributed by atoms with Crippen LogP contribution in [0.15, 0.2) is 158 Å². The lowest BCUT2D eigenvalue weighted by atomic mass is 9.66. The molecule has 0 saturated carbocycles. The van der Waals surface area contributed by atoms with Crippen LogP contribution in [-0.2, 0) is 10.8 Å². The topological polar surface area (TPSA) is 35.0 Å². The van der Waals surface area contributed by atoms with Gasteiger partial charge in [0.05, 0.1) is 21.3 Å². The molecule has 2 aliphatic carbocycles. The van der Waals surface area contributed by atoms with Gasteiger partial charge in [-0.2, -0.15) is 0 Å². The predicted octanol–water partition coefficient (Wildman–Crippen LogP) is 13.0. The van der Waals surface area contributed by atoms with Crippen LogP contribution in [0.4, 0.5) is 0 Å². The molecule has 0 unspecified atom stereocenters. The van der Waals surface area contributed by atoms with E-state index in [-0.39, 0.29) is 5.41 Å². The van der Waals surface area contributed by atoms with E-state index in [1.807, 2.05) is 0 Å². The number of hydrogen-bond donors (Lipinski definition) is 0. The Morgan fingerprint density at radius 3 is 1.91 bits per heavy atom. The van der Waals surface area contributed by atoms with Crippen LogP contribution < -0.4 is 4.74 Å². The molecule has 0 amide bonds. The standard InChI is InChI=1S/C50H32N2OS/c1-49(2)35-18-6-3-14-30(35)34-28-29(26-27-36(34)49)48-51-45-32-16-5-12-25-43(32)54-47(45)46(52-48)33-17-13-22-40-44(33)31-15-4-7-19-37(31)50(40)38-20-8-10-23-41(38)53-42-24-11-9-21-39(42)50/h3-28H,1-2H3. The fourth-order valence-corrected chi connectivity index (χ4v) is 11.0. The summed E-state index contributed by atoms with van der Waals surface area (Å²) >= 11 is 1.78. The zero-order valence-electron chi connectivity index (χ0n) is 29.7. The van der Waals surface area contributed by atoms with Crippen LogP contribution in [-0.4, -0.2) is 9.97 Å². The number of nitrogens with zero attached hydrogens (tertiary/aromatic N) is 2. The van der Waals surface area contributed by atoms with Gasteiger partial charge in [0.25, 0.3) is 0 Å². The first kappa shape index (κ1) is 30.1. The fourth-order valence-electron chi connectivity index (χ4n) is 9.86. The molecule has 254 valence electrons. The minimum absolute atomic E-state index is 0.0701. The summed E-state index contributed by atoms with van der Waals surface area (Å²) in [5.74, 6) is 2.52. The number of para-hydroxylation sites is 2. The van der Waals surface area contributed by atoms with Gasteiger partial charge in [-0.25, -0.2) is 9.97 Å². The Bertz CT molecular complexity index is 3030. The summed E-state index contributed by atoms with van der Waals surface area (Å²) in [7, 11) is 0. The third-order valence-corrected chi connectivity index (χ3v) is 13.4. The fraction of sp³-hybridized carbons (Fsp3) is 0.0800. The van der Waals surface area contributed by atoms with Crippen molar-refractivity contribution in [1.29, 1.82) is 0 Å². The van der Waals surface area contributed by atoms with Crippen molar-refractivity contribution >= 4 is 31.6 Å². The number of hydrogen-bond acceptors (Lipinski definition) is 4. The maximum Gasteiger partial charge on any atom is 0.160 e. The lowest BCUT2D eigenvalue weighted by Crippen LogP contribution is -2.32. The Morgan fingerprint density at radius 2 is 1.11 bits per heavy atom. The first-order chi connectivity index (χ1) is 26.5. The predicted molar refractivity (Wildman–Crippen MR) is 221 cm³/mol. The van der Waals surface area contributed by atoms with Gasteiger partial charge in [0.15, 0.2) is 5.82 Å². The summed E-state index contributed by atoms with van der Waals surface area (Å²) in [6.45, 7) is 4.65. The Labute approximate surface area is 317 Å². The molecule has 12 rings (SSSR count). The summed E-state index contributed by atoms with van der Waals surface area (Å²) in [6, 6.07) is 57.1. The molecule has 3 heterocycles. The number of fused-ring (bicyclic) bond motifs is 15. The molecule has 4 heteroatoms. The Kier molecular flexibility index (Phi) is 5.93. The molecule has 9 aromatic rings. The Morgan fingerprint density at radius 1 is 0.500 bits per heavy atom. The average molecular weight is 709 g/mol. The van der Waals surface area contributed by atoms with E-state index >= 15 is 0 Å². The molecule has 54 heavy (non-hydrogen) atoms. The van der Waals surface area contributed by atoms with E-state index in [9.17, 15) is 0 Å². The van der Waals surface area contributed by atoms with Gasteiger partial charge in [0.2, 0.25) is 0 Å².